The van der Waals surface area contributed by atoms with Crippen LogP contribution < -0.4 is 11.1 Å². The minimum Gasteiger partial charge on any atom is -0.458 e. The number of anilines is 1. The number of thiazole rings is 1. The molecule has 1 aliphatic rings. The second-order valence-electron chi connectivity index (χ2n) is 9.41. The van der Waals surface area contributed by atoms with Crippen LogP contribution >= 0.6 is 11.3 Å². The number of hydrogen-bond donors (Lipinski definition) is 3. The maximum atomic E-state index is 13.2. The van der Waals surface area contributed by atoms with Crippen molar-refractivity contribution in [2.45, 2.75) is 52.0 Å². The molecule has 2 atom stereocenters. The normalized spacial score (nSPS) is 17.8. The average molecular weight is 599 g/mol. The van der Waals surface area contributed by atoms with E-state index in [4.69, 9.17) is 15.3 Å². The molecule has 0 spiro atoms. The van der Waals surface area contributed by atoms with E-state index in [1.165, 1.54) is 43.5 Å². The first-order valence-corrected chi connectivity index (χ1v) is 13.8. The van der Waals surface area contributed by atoms with E-state index in [9.17, 15) is 37.5 Å². The highest BCUT2D eigenvalue weighted by molar-refractivity contribution is 7.84. The van der Waals surface area contributed by atoms with Crippen LogP contribution in [0.15, 0.2) is 34.8 Å². The van der Waals surface area contributed by atoms with Crippen LogP contribution in [0.3, 0.4) is 0 Å². The molecule has 1 aromatic heterocycles. The number of oxime groups is 1. The van der Waals surface area contributed by atoms with Gasteiger partial charge in [-0.2, -0.15) is 8.42 Å². The van der Waals surface area contributed by atoms with E-state index in [1.54, 1.807) is 13.8 Å². The fourth-order valence-corrected chi connectivity index (χ4v) is 5.16. The summed E-state index contributed by atoms with van der Waals surface area (Å²) in [6.45, 7) is 5.59. The molecule has 216 valence electrons. The summed E-state index contributed by atoms with van der Waals surface area (Å²) in [6, 6.07) is 2.97. The molecule has 0 saturated carbocycles. The van der Waals surface area contributed by atoms with Crippen LogP contribution in [0, 0.1) is 16.0 Å². The number of carbonyl (C=O) groups excluding carboxylic acids is 3. The van der Waals surface area contributed by atoms with Gasteiger partial charge < -0.3 is 20.6 Å². The first-order chi connectivity index (χ1) is 18.5. The Hall–Kier alpha value is -4.16. The number of nitro groups is 1. The van der Waals surface area contributed by atoms with Crippen LogP contribution in [0.2, 0.25) is 0 Å². The number of ether oxygens (including phenoxy) is 1. The van der Waals surface area contributed by atoms with Crippen molar-refractivity contribution < 1.29 is 41.9 Å². The van der Waals surface area contributed by atoms with Crippen molar-refractivity contribution in [3.8, 4) is 0 Å². The summed E-state index contributed by atoms with van der Waals surface area (Å²) in [5, 5.41) is 18.4. The highest BCUT2D eigenvalue weighted by atomic mass is 32.2. The van der Waals surface area contributed by atoms with Gasteiger partial charge in [0, 0.05) is 17.5 Å². The minimum absolute atomic E-state index is 0.0467. The van der Waals surface area contributed by atoms with Gasteiger partial charge in [-0.25, -0.2) is 14.1 Å². The molecule has 2 heterocycles. The number of esters is 1. The third kappa shape index (κ3) is 6.69. The van der Waals surface area contributed by atoms with Crippen molar-refractivity contribution in [2.75, 3.05) is 5.73 Å². The van der Waals surface area contributed by atoms with E-state index in [0.29, 0.717) is 5.56 Å². The van der Waals surface area contributed by atoms with Gasteiger partial charge in [0.15, 0.2) is 10.8 Å². The maximum absolute atomic E-state index is 13.2. The number of benzene rings is 1. The van der Waals surface area contributed by atoms with E-state index in [0.717, 1.165) is 11.3 Å². The average Bonchev–Trinajstić information content (AvgIpc) is 3.28. The van der Waals surface area contributed by atoms with Gasteiger partial charge >= 0.3 is 16.3 Å². The number of nitrogens with two attached hydrogens (primary N) is 1. The Bertz CT molecular complexity index is 1450. The first kappa shape index (κ1) is 30.4. The van der Waals surface area contributed by atoms with Crippen molar-refractivity contribution in [2.24, 2.45) is 11.1 Å². The summed E-state index contributed by atoms with van der Waals surface area (Å²) in [7, 11) is -4.85. The van der Waals surface area contributed by atoms with Gasteiger partial charge in [0.05, 0.1) is 11.0 Å². The second-order valence-corrected chi connectivity index (χ2v) is 11.6. The van der Waals surface area contributed by atoms with E-state index >= 15 is 0 Å². The zero-order valence-corrected chi connectivity index (χ0v) is 23.3. The Morgan fingerprint density at radius 1 is 1.32 bits per heavy atom. The smallest absolute Gasteiger partial charge is 0.362 e. The van der Waals surface area contributed by atoms with Crippen LogP contribution in [-0.4, -0.2) is 68.4 Å². The van der Waals surface area contributed by atoms with Crippen LogP contribution in [-0.2, 0) is 40.9 Å². The molecule has 0 bridgehead atoms. The Morgan fingerprint density at radius 3 is 2.45 bits per heavy atom. The number of hydrogen-bond acceptors (Lipinski definition) is 13. The maximum Gasteiger partial charge on any atom is 0.362 e. The van der Waals surface area contributed by atoms with Gasteiger partial charge in [-0.3, -0.25) is 24.3 Å². The summed E-state index contributed by atoms with van der Waals surface area (Å²) < 4.78 is 38.1. The lowest BCUT2D eigenvalue weighted by molar-refractivity contribution is -0.384. The third-order valence-electron chi connectivity index (χ3n) is 5.67. The standard InChI is InChI=1S/C22H26N6O10S2/c1-11(2)17-16(19(30)27(17)40(34,35)36)25-18(29)15(14-10-39-21(23)24-14)26-38-22(3,4)20(31)37-9-12-5-7-13(8-6-12)28(32)33/h5-8,10-11,16-17H,9H2,1-4H3,(H2,23,24)(H,25,29)(H,34,35,36)/t16-,17+/m1/s1. The lowest BCUT2D eigenvalue weighted by Gasteiger charge is -2.46. The van der Waals surface area contributed by atoms with Gasteiger partial charge in [-0.05, 0) is 37.5 Å². The number of nitrogen functional groups attached to an aromatic ring is 1. The molecule has 16 nitrogen and oxygen atoms in total. The molecule has 0 unspecified atom stereocenters. The van der Waals surface area contributed by atoms with E-state index in [-0.39, 0.29) is 27.4 Å². The molecule has 1 aromatic carbocycles. The van der Waals surface area contributed by atoms with Crippen LogP contribution in [0.25, 0.3) is 0 Å². The zero-order chi connectivity index (χ0) is 30.0. The van der Waals surface area contributed by atoms with Crippen molar-refractivity contribution in [3.63, 3.8) is 0 Å². The number of aromatic nitrogens is 1. The molecule has 18 heteroatoms. The quantitative estimate of drug-likeness (QED) is 0.0821. The molecule has 4 N–H and O–H groups in total. The zero-order valence-electron chi connectivity index (χ0n) is 21.6. The second kappa shape index (κ2) is 11.5. The Balaban J connectivity index is 1.76. The summed E-state index contributed by atoms with van der Waals surface area (Å²) in [4.78, 5) is 57.8. The predicted molar refractivity (Wildman–Crippen MR) is 140 cm³/mol. The Morgan fingerprint density at radius 2 is 1.95 bits per heavy atom. The fraction of sp³-hybridized carbons (Fsp3) is 0.409. The predicted octanol–water partition coefficient (Wildman–Crippen LogP) is 1.03. The molecule has 2 aromatic rings. The number of nitro benzene ring substituents is 1. The first-order valence-electron chi connectivity index (χ1n) is 11.5. The number of nitrogens with zero attached hydrogens (tertiary/aromatic N) is 4. The van der Waals surface area contributed by atoms with Crippen LogP contribution in [0.4, 0.5) is 10.8 Å². The number of amides is 2. The lowest BCUT2D eigenvalue weighted by atomic mass is 9.88. The number of carbonyl (C=O) groups is 3. The van der Waals surface area contributed by atoms with Gasteiger partial charge in [0.1, 0.15) is 18.3 Å². The molecule has 40 heavy (non-hydrogen) atoms. The molecule has 2 amide bonds. The monoisotopic (exact) mass is 598 g/mol. The molecule has 1 aliphatic heterocycles. The Kier molecular flexibility index (Phi) is 8.75. The number of β-lactam (4-membered cyclic amide) rings is 1. The summed E-state index contributed by atoms with van der Waals surface area (Å²) in [5.74, 6) is -3.40. The van der Waals surface area contributed by atoms with Gasteiger partial charge in [-0.1, -0.05) is 19.0 Å². The molecular weight excluding hydrogens is 572 g/mol. The SMILES string of the molecule is CC(C)[C@H]1[C@@H](NC(=O)C(=NOC(C)(C)C(=O)OCc2ccc([N+](=O)[O-])cc2)c2csc(N)n2)C(=O)N1S(=O)(=O)O. The van der Waals surface area contributed by atoms with Crippen LogP contribution in [0.5, 0.6) is 0 Å². The molecule has 3 rings (SSSR count). The summed E-state index contributed by atoms with van der Waals surface area (Å²) in [5.41, 5.74) is 3.76. The van der Waals surface area contributed by atoms with Crippen molar-refractivity contribution in [1.29, 1.82) is 0 Å². The molecule has 1 saturated heterocycles. The Labute approximate surface area is 232 Å². The summed E-state index contributed by atoms with van der Waals surface area (Å²) in [6.07, 6.45) is 0. The minimum atomic E-state index is -4.85. The van der Waals surface area contributed by atoms with E-state index < -0.39 is 62.3 Å². The molecule has 0 aliphatic carbocycles. The van der Waals surface area contributed by atoms with E-state index in [2.05, 4.69) is 15.5 Å². The van der Waals surface area contributed by atoms with Crippen molar-refractivity contribution in [3.05, 3.63) is 51.0 Å². The van der Waals surface area contributed by atoms with Gasteiger partial charge in [0.25, 0.3) is 17.5 Å². The largest absolute Gasteiger partial charge is 0.458 e. The highest BCUT2D eigenvalue weighted by Crippen LogP contribution is 2.29. The summed E-state index contributed by atoms with van der Waals surface area (Å²) >= 11 is 0.976. The van der Waals surface area contributed by atoms with Crippen LogP contribution in [0.1, 0.15) is 39.0 Å². The molecule has 0 radical (unpaired) electrons. The van der Waals surface area contributed by atoms with Crippen molar-refractivity contribution >= 4 is 56.0 Å². The van der Waals surface area contributed by atoms with Crippen molar-refractivity contribution in [1.82, 2.24) is 14.6 Å². The number of non-ortho nitro benzene ring substituents is 1. The fourth-order valence-electron chi connectivity index (χ4n) is 3.60. The van der Waals surface area contributed by atoms with E-state index in [1.807, 2.05) is 0 Å². The molecular formula is C22H26N6O10S2. The number of nitrogens with one attached hydrogen (secondary N) is 1. The number of rotatable bonds is 11. The topological polar surface area (TPSA) is 234 Å². The van der Waals surface area contributed by atoms with Gasteiger partial charge in [0.2, 0.25) is 5.60 Å². The highest BCUT2D eigenvalue weighted by Gasteiger charge is 2.55. The lowest BCUT2D eigenvalue weighted by Crippen LogP contribution is -2.73. The van der Waals surface area contributed by atoms with Gasteiger partial charge in [-0.15, -0.1) is 11.3 Å². The third-order valence-corrected chi connectivity index (χ3v) is 7.26. The molecule has 1 fully saturated rings.